The van der Waals surface area contributed by atoms with Crippen LogP contribution < -0.4 is 0 Å². The smallest absolute Gasteiger partial charge is 0.271 e. The third-order valence-corrected chi connectivity index (χ3v) is 4.14. The van der Waals surface area contributed by atoms with E-state index in [0.29, 0.717) is 0 Å². The zero-order valence-electron chi connectivity index (χ0n) is 7.54. The summed E-state index contributed by atoms with van der Waals surface area (Å²) in [6.45, 7) is 5.52. The van der Waals surface area contributed by atoms with Crippen molar-refractivity contribution in [2.75, 3.05) is 0 Å². The molecule has 13 heavy (non-hydrogen) atoms. The first kappa shape index (κ1) is 11.0. The van der Waals surface area contributed by atoms with Crippen molar-refractivity contribution in [2.45, 2.75) is 26.3 Å². The predicted molar refractivity (Wildman–Crippen MR) is 55.2 cm³/mol. The summed E-state index contributed by atoms with van der Waals surface area (Å²) in [5, 5.41) is 0. The van der Waals surface area contributed by atoms with Gasteiger partial charge in [0.05, 0.1) is 32.3 Å². The van der Waals surface area contributed by atoms with Gasteiger partial charge in [-0.25, -0.2) is 8.72 Å². The Morgan fingerprint density at radius 3 is 1.92 bits per heavy atom. The van der Waals surface area contributed by atoms with E-state index in [9.17, 15) is 9.59 Å². The summed E-state index contributed by atoms with van der Waals surface area (Å²) in [5.74, 6) is -0.199. The van der Waals surface area contributed by atoms with Gasteiger partial charge in [0.2, 0.25) is 0 Å². The maximum absolute atomic E-state index is 11.7. The molecular weight excluding hydrogens is 304 g/mol. The molecule has 0 aromatic heterocycles. The van der Waals surface area contributed by atoms with Crippen molar-refractivity contribution >= 4 is 44.2 Å². The summed E-state index contributed by atoms with van der Waals surface area (Å²) >= 11 is 6.01. The van der Waals surface area contributed by atoms with Gasteiger partial charge in [-0.15, -0.1) is 0 Å². The van der Waals surface area contributed by atoms with Crippen LogP contribution in [0.1, 0.15) is 20.8 Å². The van der Waals surface area contributed by atoms with E-state index in [1.165, 1.54) is 3.93 Å². The van der Waals surface area contributed by atoms with Gasteiger partial charge in [0.1, 0.15) is 5.54 Å². The lowest BCUT2D eigenvalue weighted by atomic mass is 9.89. The molecule has 0 aromatic rings. The van der Waals surface area contributed by atoms with Gasteiger partial charge < -0.3 is 0 Å². The number of nitrogens with zero attached hydrogens (tertiary/aromatic N) is 2. The topological polar surface area (TPSA) is 40.6 Å². The van der Waals surface area contributed by atoms with Crippen molar-refractivity contribution in [1.29, 1.82) is 0 Å². The zero-order chi connectivity index (χ0) is 10.4. The van der Waals surface area contributed by atoms with Gasteiger partial charge >= 0.3 is 6.03 Å². The molecule has 1 saturated heterocycles. The minimum atomic E-state index is -0.805. The van der Waals surface area contributed by atoms with Gasteiger partial charge in [0.15, 0.2) is 0 Å². The van der Waals surface area contributed by atoms with Crippen LogP contribution in [0.4, 0.5) is 4.79 Å². The molecule has 1 aliphatic rings. The lowest BCUT2D eigenvalue weighted by molar-refractivity contribution is -0.129. The molecule has 0 saturated carbocycles. The average molecular weight is 314 g/mol. The largest absolute Gasteiger partial charge is 0.348 e. The molecule has 74 valence electrons. The van der Waals surface area contributed by atoms with Crippen molar-refractivity contribution in [1.82, 2.24) is 7.85 Å². The fourth-order valence-corrected chi connectivity index (χ4v) is 2.57. The molecule has 4 nitrogen and oxygen atoms in total. The fraction of sp³-hybridized carbons (Fsp3) is 0.714. The summed E-state index contributed by atoms with van der Waals surface area (Å²) < 4.78 is 2.23. The van der Waals surface area contributed by atoms with E-state index in [2.05, 4.69) is 32.3 Å². The average Bonchev–Trinajstić information content (AvgIpc) is 2.22. The molecular formula is C7H10Br2N2O2. The van der Waals surface area contributed by atoms with Crippen molar-refractivity contribution in [2.24, 2.45) is 5.92 Å². The molecule has 1 rings (SSSR count). The highest BCUT2D eigenvalue weighted by Gasteiger charge is 2.55. The van der Waals surface area contributed by atoms with Gasteiger partial charge in [0, 0.05) is 0 Å². The summed E-state index contributed by atoms with van der Waals surface area (Å²) in [6.07, 6.45) is 0. The maximum Gasteiger partial charge on any atom is 0.348 e. The molecule has 0 spiro atoms. The van der Waals surface area contributed by atoms with Crippen LogP contribution in [0.2, 0.25) is 0 Å². The second-order valence-corrected chi connectivity index (χ2v) is 4.87. The maximum atomic E-state index is 11.7. The third kappa shape index (κ3) is 1.30. The van der Waals surface area contributed by atoms with E-state index >= 15 is 0 Å². The molecule has 0 aliphatic carbocycles. The highest BCUT2D eigenvalue weighted by atomic mass is 79.9. The van der Waals surface area contributed by atoms with Crippen LogP contribution in [0.15, 0.2) is 0 Å². The van der Waals surface area contributed by atoms with Gasteiger partial charge in [-0.2, -0.15) is 3.93 Å². The van der Waals surface area contributed by atoms with Crippen LogP contribution in [-0.2, 0) is 4.79 Å². The van der Waals surface area contributed by atoms with Gasteiger partial charge in [-0.05, 0) is 12.8 Å². The number of urea groups is 1. The minimum Gasteiger partial charge on any atom is -0.271 e. The van der Waals surface area contributed by atoms with Crippen molar-refractivity contribution < 1.29 is 9.59 Å². The van der Waals surface area contributed by atoms with Crippen LogP contribution in [-0.4, -0.2) is 25.3 Å². The second kappa shape index (κ2) is 3.24. The minimum absolute atomic E-state index is 0.0471. The number of hydrogen-bond donors (Lipinski definition) is 0. The molecule has 6 heteroatoms. The van der Waals surface area contributed by atoms with E-state index in [0.717, 1.165) is 3.93 Å². The van der Waals surface area contributed by atoms with Crippen molar-refractivity contribution in [3.63, 3.8) is 0 Å². The Bertz CT molecular complexity index is 269. The Kier molecular flexibility index (Phi) is 2.73. The molecule has 1 atom stereocenters. The molecule has 1 heterocycles. The quantitative estimate of drug-likeness (QED) is 0.550. The lowest BCUT2D eigenvalue weighted by Gasteiger charge is -2.29. The van der Waals surface area contributed by atoms with Crippen molar-refractivity contribution in [3.05, 3.63) is 0 Å². The molecule has 1 aliphatic heterocycles. The first-order valence-electron chi connectivity index (χ1n) is 3.83. The Labute approximate surface area is 93.9 Å². The normalized spacial score (nSPS) is 29.4. The zero-order valence-corrected chi connectivity index (χ0v) is 10.7. The summed E-state index contributed by atoms with van der Waals surface area (Å²) in [7, 11) is 0. The van der Waals surface area contributed by atoms with E-state index in [-0.39, 0.29) is 17.9 Å². The Morgan fingerprint density at radius 1 is 1.31 bits per heavy atom. The molecule has 0 radical (unpaired) electrons. The second-order valence-electron chi connectivity index (χ2n) is 3.45. The predicted octanol–water partition coefficient (Wildman–Crippen LogP) is 2.29. The first-order chi connectivity index (χ1) is 5.83. The van der Waals surface area contributed by atoms with E-state index < -0.39 is 5.54 Å². The van der Waals surface area contributed by atoms with Gasteiger partial charge in [-0.1, -0.05) is 13.8 Å². The highest BCUT2D eigenvalue weighted by Crippen LogP contribution is 2.37. The van der Waals surface area contributed by atoms with Crippen molar-refractivity contribution in [3.8, 4) is 0 Å². The number of carbonyl (C=O) groups is 2. The van der Waals surface area contributed by atoms with Crippen LogP contribution in [0.25, 0.3) is 0 Å². The third-order valence-electron chi connectivity index (χ3n) is 2.48. The van der Waals surface area contributed by atoms with Gasteiger partial charge in [0.25, 0.3) is 5.91 Å². The fourth-order valence-electron chi connectivity index (χ4n) is 1.12. The van der Waals surface area contributed by atoms with Gasteiger partial charge in [-0.3, -0.25) is 4.79 Å². The van der Waals surface area contributed by atoms with Crippen LogP contribution in [0, 0.1) is 5.92 Å². The van der Waals surface area contributed by atoms with E-state index in [1.54, 1.807) is 6.92 Å². The Hall–Kier alpha value is -0.100. The molecule has 0 bridgehead atoms. The van der Waals surface area contributed by atoms with Crippen LogP contribution in [0.5, 0.6) is 0 Å². The standard InChI is InChI=1S/C7H10Br2N2O2/c1-4(2)7(3)5(12)10(8)6(13)11(7)9/h4H,1-3H3/t7-/m1/s1. The van der Waals surface area contributed by atoms with Crippen LogP contribution >= 0.6 is 32.3 Å². The summed E-state index contributed by atoms with van der Waals surface area (Å²) in [4.78, 5) is 23.0. The number of imide groups is 1. The molecule has 0 unspecified atom stereocenters. The van der Waals surface area contributed by atoms with E-state index in [4.69, 9.17) is 0 Å². The number of carbonyl (C=O) groups excluding carboxylic acids is 2. The number of amides is 3. The highest BCUT2D eigenvalue weighted by molar-refractivity contribution is 9.08. The number of hydrogen-bond acceptors (Lipinski definition) is 2. The lowest BCUT2D eigenvalue weighted by Crippen LogP contribution is -2.46. The molecule has 3 amide bonds. The number of halogens is 2. The van der Waals surface area contributed by atoms with E-state index in [1.807, 2.05) is 13.8 Å². The first-order valence-corrected chi connectivity index (χ1v) is 5.25. The molecule has 0 aromatic carbocycles. The molecule has 1 fully saturated rings. The molecule has 0 N–H and O–H groups in total. The summed E-state index contributed by atoms with van der Waals surface area (Å²) in [6, 6.07) is -0.388. The number of rotatable bonds is 1. The summed E-state index contributed by atoms with van der Waals surface area (Å²) in [5.41, 5.74) is -0.805. The van der Waals surface area contributed by atoms with Crippen LogP contribution in [0.3, 0.4) is 0 Å². The Morgan fingerprint density at radius 2 is 1.77 bits per heavy atom. The Balaban J connectivity index is 3.13. The SMILES string of the molecule is CC(C)[C@]1(C)C(=O)N(Br)C(=O)N1Br. The monoisotopic (exact) mass is 312 g/mol.